The van der Waals surface area contributed by atoms with Crippen LogP contribution in [0.1, 0.15) is 84.4 Å². The van der Waals surface area contributed by atoms with Crippen LogP contribution in [0.5, 0.6) is 5.75 Å². The van der Waals surface area contributed by atoms with Crippen molar-refractivity contribution in [1.29, 1.82) is 0 Å². The van der Waals surface area contributed by atoms with Gasteiger partial charge in [0, 0.05) is 12.2 Å². The molecule has 0 aromatic heterocycles. The van der Waals surface area contributed by atoms with E-state index in [-0.39, 0.29) is 16.8 Å². The lowest BCUT2D eigenvalue weighted by atomic mass is 9.78. The van der Waals surface area contributed by atoms with Gasteiger partial charge in [-0.3, -0.25) is 4.79 Å². The third kappa shape index (κ3) is 8.16. The summed E-state index contributed by atoms with van der Waals surface area (Å²) in [5, 5.41) is 10.8. The number of carbonyl (C=O) groups is 1. The first-order valence-corrected chi connectivity index (χ1v) is 11.2. The highest BCUT2D eigenvalue weighted by molar-refractivity contribution is 7.99. The van der Waals surface area contributed by atoms with Gasteiger partial charge in [-0.2, -0.15) is 11.8 Å². The second kappa shape index (κ2) is 10.4. The Morgan fingerprint density at radius 3 is 2.07 bits per heavy atom. The predicted molar refractivity (Wildman–Crippen MR) is 117 cm³/mol. The molecule has 0 spiro atoms. The fourth-order valence-corrected chi connectivity index (χ4v) is 3.76. The molecule has 0 radical (unpaired) electrons. The molecule has 154 valence electrons. The van der Waals surface area contributed by atoms with Crippen LogP contribution in [0.3, 0.4) is 0 Å². The standard InChI is InChI=1S/C23H38O3S/c1-8-9-13-27-14-12-26-20(24)11-10-17-15-18(22(2,3)4)21(25)19(16-17)23(5,6)7/h15-16,25H,8-14H2,1-7H3. The van der Waals surface area contributed by atoms with Crippen LogP contribution >= 0.6 is 11.8 Å². The number of aromatic hydroxyl groups is 1. The van der Waals surface area contributed by atoms with Crippen molar-refractivity contribution in [2.45, 2.75) is 85.0 Å². The van der Waals surface area contributed by atoms with Crippen molar-refractivity contribution in [3.05, 3.63) is 28.8 Å². The number of thioether (sulfide) groups is 1. The van der Waals surface area contributed by atoms with Gasteiger partial charge >= 0.3 is 5.97 Å². The fraction of sp³-hybridized carbons (Fsp3) is 0.696. The number of unbranched alkanes of at least 4 members (excludes halogenated alkanes) is 1. The summed E-state index contributed by atoms with van der Waals surface area (Å²) in [6.45, 7) is 15.3. The van der Waals surface area contributed by atoms with Crippen molar-refractivity contribution in [2.75, 3.05) is 18.1 Å². The molecule has 0 amide bonds. The second-order valence-electron chi connectivity index (χ2n) is 9.23. The van der Waals surface area contributed by atoms with Crippen molar-refractivity contribution >= 4 is 17.7 Å². The Morgan fingerprint density at radius 1 is 1.04 bits per heavy atom. The average Bonchev–Trinajstić information content (AvgIpc) is 2.54. The van der Waals surface area contributed by atoms with Crippen LogP contribution in [-0.4, -0.2) is 29.2 Å². The van der Waals surface area contributed by atoms with E-state index in [1.165, 1.54) is 12.8 Å². The van der Waals surface area contributed by atoms with E-state index in [9.17, 15) is 9.90 Å². The average molecular weight is 395 g/mol. The quantitative estimate of drug-likeness (QED) is 0.412. The number of phenols is 1. The van der Waals surface area contributed by atoms with Crippen molar-refractivity contribution in [3.63, 3.8) is 0 Å². The van der Waals surface area contributed by atoms with Gasteiger partial charge in [-0.25, -0.2) is 0 Å². The molecule has 0 aliphatic heterocycles. The number of aryl methyl sites for hydroxylation is 1. The smallest absolute Gasteiger partial charge is 0.306 e. The van der Waals surface area contributed by atoms with Crippen molar-refractivity contribution in [3.8, 4) is 5.75 Å². The molecule has 0 unspecified atom stereocenters. The fourth-order valence-electron chi connectivity index (χ4n) is 2.86. The summed E-state index contributed by atoms with van der Waals surface area (Å²) < 4.78 is 5.35. The minimum Gasteiger partial charge on any atom is -0.507 e. The van der Waals surface area contributed by atoms with E-state index in [1.807, 2.05) is 23.9 Å². The first-order valence-electron chi connectivity index (χ1n) is 10.1. The minimum absolute atomic E-state index is 0.145. The lowest BCUT2D eigenvalue weighted by molar-refractivity contribution is -0.142. The van der Waals surface area contributed by atoms with Crippen LogP contribution in [0, 0.1) is 0 Å². The van der Waals surface area contributed by atoms with Crippen molar-refractivity contribution < 1.29 is 14.6 Å². The number of benzene rings is 1. The zero-order valence-electron chi connectivity index (χ0n) is 18.3. The number of ether oxygens (including phenoxy) is 1. The molecular weight excluding hydrogens is 356 g/mol. The van der Waals surface area contributed by atoms with Gasteiger partial charge in [-0.15, -0.1) is 0 Å². The predicted octanol–water partition coefficient (Wildman–Crippen LogP) is 6.00. The number of rotatable bonds is 9. The molecule has 0 atom stereocenters. The summed E-state index contributed by atoms with van der Waals surface area (Å²) in [6.07, 6.45) is 3.42. The Morgan fingerprint density at radius 2 is 1.59 bits per heavy atom. The molecule has 0 saturated heterocycles. The van der Waals surface area contributed by atoms with Crippen molar-refractivity contribution in [2.24, 2.45) is 0 Å². The first-order chi connectivity index (χ1) is 12.5. The Labute approximate surface area is 170 Å². The number of phenolic OH excluding ortho intramolecular Hbond substituents is 1. The third-order valence-electron chi connectivity index (χ3n) is 4.54. The monoisotopic (exact) mass is 394 g/mol. The minimum atomic E-state index is -0.156. The lowest BCUT2D eigenvalue weighted by Gasteiger charge is -2.28. The molecular formula is C23H38O3S. The highest BCUT2D eigenvalue weighted by Gasteiger charge is 2.26. The summed E-state index contributed by atoms with van der Waals surface area (Å²) in [6, 6.07) is 4.08. The molecule has 1 aromatic carbocycles. The summed E-state index contributed by atoms with van der Waals surface area (Å²) in [5.41, 5.74) is 2.64. The van der Waals surface area contributed by atoms with Crippen LogP contribution in [0.15, 0.2) is 12.1 Å². The van der Waals surface area contributed by atoms with E-state index in [1.54, 1.807) is 0 Å². The molecule has 0 fully saturated rings. The molecule has 1 rings (SSSR count). The molecule has 0 aliphatic carbocycles. The highest BCUT2D eigenvalue weighted by atomic mass is 32.2. The van der Waals surface area contributed by atoms with Gasteiger partial charge in [-0.1, -0.05) is 67.0 Å². The molecule has 0 saturated carbocycles. The molecule has 4 heteroatoms. The van der Waals surface area contributed by atoms with E-state index in [0.717, 1.165) is 28.2 Å². The zero-order chi connectivity index (χ0) is 20.7. The van der Waals surface area contributed by atoms with Crippen molar-refractivity contribution in [1.82, 2.24) is 0 Å². The van der Waals surface area contributed by atoms with Gasteiger partial charge in [0.25, 0.3) is 0 Å². The van der Waals surface area contributed by atoms with Gasteiger partial charge < -0.3 is 9.84 Å². The molecule has 27 heavy (non-hydrogen) atoms. The van der Waals surface area contributed by atoms with Gasteiger partial charge in [0.2, 0.25) is 0 Å². The van der Waals surface area contributed by atoms with E-state index in [2.05, 4.69) is 48.5 Å². The number of esters is 1. The van der Waals surface area contributed by atoms with Crippen LogP contribution in [-0.2, 0) is 26.8 Å². The summed E-state index contributed by atoms with van der Waals surface area (Å²) in [5.74, 6) is 2.24. The Kier molecular flexibility index (Phi) is 9.20. The van der Waals surface area contributed by atoms with Crippen LogP contribution < -0.4 is 0 Å². The number of carbonyl (C=O) groups excluding carboxylic acids is 1. The molecule has 0 heterocycles. The van der Waals surface area contributed by atoms with E-state index in [4.69, 9.17) is 4.74 Å². The van der Waals surface area contributed by atoms with Gasteiger partial charge in [0.15, 0.2) is 0 Å². The van der Waals surface area contributed by atoms with E-state index < -0.39 is 0 Å². The summed E-state index contributed by atoms with van der Waals surface area (Å²) >= 11 is 1.84. The van der Waals surface area contributed by atoms with Crippen LogP contribution in [0.25, 0.3) is 0 Å². The number of hydrogen-bond acceptors (Lipinski definition) is 4. The van der Waals surface area contributed by atoms with E-state index in [0.29, 0.717) is 25.2 Å². The van der Waals surface area contributed by atoms with Crippen LogP contribution in [0.2, 0.25) is 0 Å². The highest BCUT2D eigenvalue weighted by Crippen LogP contribution is 2.39. The molecule has 3 nitrogen and oxygen atoms in total. The van der Waals surface area contributed by atoms with E-state index >= 15 is 0 Å². The summed E-state index contributed by atoms with van der Waals surface area (Å²) in [4.78, 5) is 12.1. The maximum absolute atomic E-state index is 12.1. The normalized spacial score (nSPS) is 12.3. The van der Waals surface area contributed by atoms with Gasteiger partial charge in [0.05, 0.1) is 0 Å². The maximum Gasteiger partial charge on any atom is 0.306 e. The Bertz CT molecular complexity index is 574. The summed E-state index contributed by atoms with van der Waals surface area (Å²) in [7, 11) is 0. The Balaban J connectivity index is 2.73. The Hall–Kier alpha value is -1.16. The topological polar surface area (TPSA) is 46.5 Å². The lowest BCUT2D eigenvalue weighted by Crippen LogP contribution is -2.18. The third-order valence-corrected chi connectivity index (χ3v) is 5.57. The molecule has 1 aromatic rings. The van der Waals surface area contributed by atoms with Gasteiger partial charge in [0.1, 0.15) is 12.4 Å². The molecule has 1 N–H and O–H groups in total. The number of hydrogen-bond donors (Lipinski definition) is 1. The zero-order valence-corrected chi connectivity index (χ0v) is 19.1. The molecule has 0 aliphatic rings. The maximum atomic E-state index is 12.1. The molecule has 0 bridgehead atoms. The first kappa shape index (κ1) is 23.9. The second-order valence-corrected chi connectivity index (χ2v) is 10.5. The van der Waals surface area contributed by atoms with Crippen LogP contribution in [0.4, 0.5) is 0 Å². The largest absolute Gasteiger partial charge is 0.507 e. The SMILES string of the molecule is CCCCSCCOC(=O)CCc1cc(C(C)(C)C)c(O)c(C(C)(C)C)c1. The van der Waals surface area contributed by atoms with Gasteiger partial charge in [-0.05, 0) is 46.1 Å².